The molecule has 0 aromatic heterocycles. The maximum absolute atomic E-state index is 10.1. The summed E-state index contributed by atoms with van der Waals surface area (Å²) in [6.07, 6.45) is 8.15. The molecule has 0 amide bonds. The Morgan fingerprint density at radius 3 is 2.38 bits per heavy atom. The molecular formula is C18H29NO2. The Balaban J connectivity index is 1.98. The van der Waals surface area contributed by atoms with Gasteiger partial charge < -0.3 is 15.2 Å². The van der Waals surface area contributed by atoms with Crippen molar-refractivity contribution in [2.24, 2.45) is 5.92 Å². The van der Waals surface area contributed by atoms with Gasteiger partial charge in [0.2, 0.25) is 0 Å². The third kappa shape index (κ3) is 4.37. The quantitative estimate of drug-likeness (QED) is 0.790. The third-order valence-electron chi connectivity index (χ3n) is 4.82. The summed E-state index contributed by atoms with van der Waals surface area (Å²) in [4.78, 5) is 0. The van der Waals surface area contributed by atoms with Gasteiger partial charge in [0.05, 0.1) is 7.11 Å². The Morgan fingerprint density at radius 1 is 1.14 bits per heavy atom. The molecule has 1 aliphatic rings. The van der Waals surface area contributed by atoms with E-state index >= 15 is 0 Å². The van der Waals surface area contributed by atoms with E-state index in [1.165, 1.54) is 38.5 Å². The topological polar surface area (TPSA) is 41.5 Å². The Bertz CT molecular complexity index is 439. The number of rotatable bonds is 5. The van der Waals surface area contributed by atoms with E-state index in [4.69, 9.17) is 4.74 Å². The minimum Gasteiger partial charge on any atom is -0.507 e. The van der Waals surface area contributed by atoms with Crippen LogP contribution >= 0.6 is 0 Å². The average molecular weight is 291 g/mol. The zero-order valence-corrected chi connectivity index (χ0v) is 13.6. The molecule has 1 saturated carbocycles. The molecule has 0 saturated heterocycles. The van der Waals surface area contributed by atoms with Crippen LogP contribution in [0.3, 0.4) is 0 Å². The number of methoxy groups -OCH3 is 1. The Kier molecular flexibility index (Phi) is 5.92. The van der Waals surface area contributed by atoms with Gasteiger partial charge in [-0.3, -0.25) is 0 Å². The van der Waals surface area contributed by atoms with Gasteiger partial charge in [0.15, 0.2) is 0 Å². The summed E-state index contributed by atoms with van der Waals surface area (Å²) in [6.45, 7) is 4.40. The van der Waals surface area contributed by atoms with Crippen LogP contribution in [0.1, 0.15) is 64.0 Å². The monoisotopic (exact) mass is 291 g/mol. The molecule has 3 heteroatoms. The van der Waals surface area contributed by atoms with E-state index in [0.717, 1.165) is 11.5 Å². The van der Waals surface area contributed by atoms with Gasteiger partial charge in [-0.05, 0) is 38.7 Å². The SMILES string of the molecule is COc1ccc(C(C)N[C@H](C)C2CCCCCC2)c(O)c1. The van der Waals surface area contributed by atoms with Crippen LogP contribution in [0.4, 0.5) is 0 Å². The molecule has 0 spiro atoms. The number of benzene rings is 1. The molecule has 118 valence electrons. The fourth-order valence-corrected chi connectivity index (χ4v) is 3.45. The van der Waals surface area contributed by atoms with Crippen LogP contribution in [0, 0.1) is 5.92 Å². The van der Waals surface area contributed by atoms with Crippen molar-refractivity contribution in [2.75, 3.05) is 7.11 Å². The standard InChI is InChI=1S/C18H29NO2/c1-13(15-8-6-4-5-7-9-15)19-14(2)17-11-10-16(21-3)12-18(17)20/h10-15,19-20H,4-9H2,1-3H3/t13-,14?/m1/s1. The molecule has 2 rings (SSSR count). The van der Waals surface area contributed by atoms with E-state index in [9.17, 15) is 5.11 Å². The van der Waals surface area contributed by atoms with Crippen molar-refractivity contribution < 1.29 is 9.84 Å². The first kappa shape index (κ1) is 16.2. The average Bonchev–Trinajstić information content (AvgIpc) is 2.75. The number of phenolic OH excluding ortho intramolecular Hbond substituents is 1. The van der Waals surface area contributed by atoms with Crippen molar-refractivity contribution in [2.45, 2.75) is 64.5 Å². The van der Waals surface area contributed by atoms with Crippen LogP contribution in [-0.4, -0.2) is 18.3 Å². The molecule has 3 nitrogen and oxygen atoms in total. The van der Waals surface area contributed by atoms with Gasteiger partial charge in [0, 0.05) is 23.7 Å². The molecule has 0 heterocycles. The summed E-state index contributed by atoms with van der Waals surface area (Å²) in [7, 11) is 1.62. The van der Waals surface area contributed by atoms with Crippen molar-refractivity contribution in [3.63, 3.8) is 0 Å². The maximum atomic E-state index is 10.1. The molecule has 1 fully saturated rings. The second-order valence-corrected chi connectivity index (χ2v) is 6.35. The highest BCUT2D eigenvalue weighted by molar-refractivity contribution is 5.41. The van der Waals surface area contributed by atoms with Crippen molar-refractivity contribution in [1.29, 1.82) is 0 Å². The first-order valence-electron chi connectivity index (χ1n) is 8.24. The number of aromatic hydroxyl groups is 1. The zero-order chi connectivity index (χ0) is 15.2. The molecule has 1 aromatic rings. The van der Waals surface area contributed by atoms with E-state index in [1.807, 2.05) is 12.1 Å². The van der Waals surface area contributed by atoms with Gasteiger partial charge in [0.1, 0.15) is 11.5 Å². The summed E-state index contributed by atoms with van der Waals surface area (Å²) in [5.74, 6) is 1.76. The van der Waals surface area contributed by atoms with Crippen LogP contribution in [0.5, 0.6) is 11.5 Å². The van der Waals surface area contributed by atoms with Gasteiger partial charge in [-0.1, -0.05) is 31.7 Å². The second-order valence-electron chi connectivity index (χ2n) is 6.35. The van der Waals surface area contributed by atoms with Crippen LogP contribution < -0.4 is 10.1 Å². The molecule has 2 atom stereocenters. The molecule has 0 radical (unpaired) electrons. The largest absolute Gasteiger partial charge is 0.507 e. The highest BCUT2D eigenvalue weighted by atomic mass is 16.5. The fourth-order valence-electron chi connectivity index (χ4n) is 3.45. The van der Waals surface area contributed by atoms with Crippen molar-refractivity contribution in [3.05, 3.63) is 23.8 Å². The summed E-state index contributed by atoms with van der Waals surface area (Å²) < 4.78 is 5.14. The Morgan fingerprint density at radius 2 is 1.81 bits per heavy atom. The van der Waals surface area contributed by atoms with E-state index in [2.05, 4.69) is 19.2 Å². The lowest BCUT2D eigenvalue weighted by atomic mass is 9.92. The van der Waals surface area contributed by atoms with Gasteiger partial charge >= 0.3 is 0 Å². The minimum atomic E-state index is 0.147. The number of ether oxygens (including phenoxy) is 1. The second kappa shape index (κ2) is 7.69. The van der Waals surface area contributed by atoms with E-state index in [-0.39, 0.29) is 6.04 Å². The zero-order valence-electron chi connectivity index (χ0n) is 13.6. The van der Waals surface area contributed by atoms with E-state index < -0.39 is 0 Å². The first-order chi connectivity index (χ1) is 10.1. The van der Waals surface area contributed by atoms with Crippen LogP contribution in [0.25, 0.3) is 0 Å². The lowest BCUT2D eigenvalue weighted by molar-refractivity contribution is 0.313. The molecule has 1 unspecified atom stereocenters. The molecule has 2 N–H and O–H groups in total. The molecule has 0 aliphatic heterocycles. The highest BCUT2D eigenvalue weighted by Crippen LogP contribution is 2.31. The van der Waals surface area contributed by atoms with Gasteiger partial charge in [-0.25, -0.2) is 0 Å². The van der Waals surface area contributed by atoms with Gasteiger partial charge in [-0.15, -0.1) is 0 Å². The Labute approximate surface area is 128 Å². The number of hydrogen-bond acceptors (Lipinski definition) is 3. The smallest absolute Gasteiger partial charge is 0.124 e. The number of nitrogens with one attached hydrogen (secondary N) is 1. The first-order valence-corrected chi connectivity index (χ1v) is 8.24. The maximum Gasteiger partial charge on any atom is 0.124 e. The van der Waals surface area contributed by atoms with Gasteiger partial charge in [-0.2, -0.15) is 0 Å². The molecule has 1 aliphatic carbocycles. The summed E-state index contributed by atoms with van der Waals surface area (Å²) in [6, 6.07) is 6.17. The minimum absolute atomic E-state index is 0.147. The molecular weight excluding hydrogens is 262 g/mol. The lowest BCUT2D eigenvalue weighted by Gasteiger charge is -2.27. The summed E-state index contributed by atoms with van der Waals surface area (Å²) in [5, 5.41) is 13.8. The van der Waals surface area contributed by atoms with Crippen molar-refractivity contribution in [1.82, 2.24) is 5.32 Å². The normalized spacial score (nSPS) is 19.8. The van der Waals surface area contributed by atoms with Crippen LogP contribution in [0.2, 0.25) is 0 Å². The van der Waals surface area contributed by atoms with Crippen LogP contribution in [0.15, 0.2) is 18.2 Å². The van der Waals surface area contributed by atoms with E-state index in [0.29, 0.717) is 17.5 Å². The van der Waals surface area contributed by atoms with Crippen molar-refractivity contribution >= 4 is 0 Å². The molecule has 21 heavy (non-hydrogen) atoms. The van der Waals surface area contributed by atoms with E-state index in [1.54, 1.807) is 13.2 Å². The fraction of sp³-hybridized carbons (Fsp3) is 0.667. The molecule has 0 bridgehead atoms. The number of phenols is 1. The van der Waals surface area contributed by atoms with Crippen LogP contribution in [-0.2, 0) is 0 Å². The third-order valence-corrected chi connectivity index (χ3v) is 4.82. The Hall–Kier alpha value is -1.22. The lowest BCUT2D eigenvalue weighted by Crippen LogP contribution is -2.35. The predicted molar refractivity (Wildman–Crippen MR) is 86.9 cm³/mol. The highest BCUT2D eigenvalue weighted by Gasteiger charge is 2.21. The van der Waals surface area contributed by atoms with Gasteiger partial charge in [0.25, 0.3) is 0 Å². The number of hydrogen-bond donors (Lipinski definition) is 2. The predicted octanol–water partition coefficient (Wildman–Crippen LogP) is 4.41. The summed E-state index contributed by atoms with van der Waals surface area (Å²) in [5.41, 5.74) is 0.941. The molecule has 1 aromatic carbocycles. The summed E-state index contributed by atoms with van der Waals surface area (Å²) >= 11 is 0. The van der Waals surface area contributed by atoms with Crippen molar-refractivity contribution in [3.8, 4) is 11.5 Å².